The average molecular weight is 460 g/mol. The minimum Gasteiger partial charge on any atom is -0.383 e. The van der Waals surface area contributed by atoms with Crippen LogP contribution in [-0.4, -0.2) is 58.0 Å². The van der Waals surface area contributed by atoms with Gasteiger partial charge in [0, 0.05) is 31.5 Å². The number of aryl methyl sites for hydroxylation is 2. The maximum atomic E-state index is 13.0. The first kappa shape index (κ1) is 23.7. The lowest BCUT2D eigenvalue weighted by molar-refractivity contribution is -0.125. The molecule has 0 aliphatic carbocycles. The second-order valence-corrected chi connectivity index (χ2v) is 9.54. The van der Waals surface area contributed by atoms with Gasteiger partial charge in [-0.1, -0.05) is 12.1 Å². The number of amides is 2. The number of ether oxygens (including phenoxy) is 1. The third-order valence-electron chi connectivity index (χ3n) is 5.44. The summed E-state index contributed by atoms with van der Waals surface area (Å²) in [6.45, 7) is 4.88. The predicted octanol–water partition coefficient (Wildman–Crippen LogP) is 2.47. The maximum Gasteiger partial charge on any atom is 0.262 e. The highest BCUT2D eigenvalue weighted by molar-refractivity contribution is 7.92. The van der Waals surface area contributed by atoms with E-state index in [1.807, 2.05) is 13.0 Å². The van der Waals surface area contributed by atoms with Crippen LogP contribution >= 0.6 is 0 Å². The van der Waals surface area contributed by atoms with Crippen LogP contribution in [0.5, 0.6) is 0 Å². The van der Waals surface area contributed by atoms with Gasteiger partial charge in [-0.05, 0) is 68.1 Å². The van der Waals surface area contributed by atoms with Crippen LogP contribution in [0.1, 0.15) is 34.3 Å². The molecule has 2 N–H and O–H groups in total. The second-order valence-electron chi connectivity index (χ2n) is 7.89. The number of anilines is 1. The molecule has 2 amide bonds. The summed E-state index contributed by atoms with van der Waals surface area (Å²) in [5, 5.41) is 2.79. The molecular formula is C23H29N3O5S. The molecule has 2 aromatic rings. The number of sulfonamides is 1. The molecule has 9 heteroatoms. The molecule has 2 aromatic carbocycles. The molecule has 1 aliphatic rings. The first-order valence-corrected chi connectivity index (χ1v) is 12.0. The van der Waals surface area contributed by atoms with Crippen LogP contribution in [0.15, 0.2) is 47.4 Å². The molecule has 0 radical (unpaired) electrons. The molecule has 0 unspecified atom stereocenters. The number of hydrogen-bond donors (Lipinski definition) is 2. The molecular weight excluding hydrogens is 430 g/mol. The molecule has 8 nitrogen and oxygen atoms in total. The Morgan fingerprint density at radius 2 is 1.84 bits per heavy atom. The normalized spacial score (nSPS) is 16.1. The maximum absolute atomic E-state index is 13.0. The Kier molecular flexibility index (Phi) is 7.52. The summed E-state index contributed by atoms with van der Waals surface area (Å²) in [6, 6.07) is 11.0. The van der Waals surface area contributed by atoms with Crippen LogP contribution in [-0.2, 0) is 19.6 Å². The lowest BCUT2D eigenvalue weighted by Gasteiger charge is -2.24. The van der Waals surface area contributed by atoms with Crippen molar-refractivity contribution < 1.29 is 22.7 Å². The van der Waals surface area contributed by atoms with Gasteiger partial charge in [-0.3, -0.25) is 14.3 Å². The van der Waals surface area contributed by atoms with Gasteiger partial charge < -0.3 is 15.0 Å². The largest absolute Gasteiger partial charge is 0.383 e. The summed E-state index contributed by atoms with van der Waals surface area (Å²) in [5.74, 6) is -0.441. The van der Waals surface area contributed by atoms with E-state index in [1.54, 1.807) is 55.3 Å². The summed E-state index contributed by atoms with van der Waals surface area (Å²) in [6.07, 6.45) is 1.36. The number of benzene rings is 2. The van der Waals surface area contributed by atoms with Crippen molar-refractivity contribution in [3.63, 3.8) is 0 Å². The van der Waals surface area contributed by atoms with Crippen molar-refractivity contribution in [3.8, 4) is 0 Å². The van der Waals surface area contributed by atoms with Gasteiger partial charge in [-0.2, -0.15) is 0 Å². The van der Waals surface area contributed by atoms with E-state index >= 15 is 0 Å². The van der Waals surface area contributed by atoms with Gasteiger partial charge in [0.15, 0.2) is 0 Å². The Morgan fingerprint density at radius 1 is 1.12 bits per heavy atom. The van der Waals surface area contributed by atoms with Gasteiger partial charge in [0.2, 0.25) is 5.91 Å². The van der Waals surface area contributed by atoms with Gasteiger partial charge in [0.05, 0.1) is 11.5 Å². The summed E-state index contributed by atoms with van der Waals surface area (Å²) in [4.78, 5) is 27.2. The molecule has 1 atom stereocenters. The van der Waals surface area contributed by atoms with E-state index in [4.69, 9.17) is 4.74 Å². The van der Waals surface area contributed by atoms with Crippen LogP contribution in [0.4, 0.5) is 5.69 Å². The van der Waals surface area contributed by atoms with Gasteiger partial charge in [0.25, 0.3) is 15.9 Å². The number of carbonyl (C=O) groups excluding carboxylic acids is 2. The number of likely N-dealkylation sites (tertiary alicyclic amines) is 1. The number of carbonyl (C=O) groups is 2. The molecule has 1 aliphatic heterocycles. The van der Waals surface area contributed by atoms with E-state index in [-0.39, 0.29) is 16.7 Å². The van der Waals surface area contributed by atoms with Crippen molar-refractivity contribution in [1.29, 1.82) is 0 Å². The van der Waals surface area contributed by atoms with Gasteiger partial charge in [0.1, 0.15) is 6.04 Å². The Hall–Kier alpha value is -2.91. The van der Waals surface area contributed by atoms with Crippen molar-refractivity contribution in [1.82, 2.24) is 10.2 Å². The lowest BCUT2D eigenvalue weighted by atomic mass is 10.1. The highest BCUT2D eigenvalue weighted by Gasteiger charge is 2.34. The van der Waals surface area contributed by atoms with Crippen molar-refractivity contribution in [2.75, 3.05) is 31.5 Å². The highest BCUT2D eigenvalue weighted by Crippen LogP contribution is 2.23. The molecule has 1 fully saturated rings. The zero-order valence-electron chi connectivity index (χ0n) is 18.6. The molecule has 3 rings (SSSR count). The van der Waals surface area contributed by atoms with Gasteiger partial charge in [-0.25, -0.2) is 8.42 Å². The third kappa shape index (κ3) is 5.46. The second kappa shape index (κ2) is 10.1. The fourth-order valence-corrected chi connectivity index (χ4v) is 5.12. The van der Waals surface area contributed by atoms with Crippen LogP contribution < -0.4 is 10.0 Å². The molecule has 0 saturated carbocycles. The van der Waals surface area contributed by atoms with E-state index in [0.717, 1.165) is 12.0 Å². The van der Waals surface area contributed by atoms with Crippen molar-refractivity contribution in [2.24, 2.45) is 0 Å². The SMILES string of the molecule is COCCNC(=O)[C@H]1CCCN1C(=O)c1ccc(NS(=O)(=O)c2cc(C)ccc2C)cc1. The van der Waals surface area contributed by atoms with Crippen molar-refractivity contribution in [2.45, 2.75) is 37.6 Å². The van der Waals surface area contributed by atoms with Crippen LogP contribution in [0.3, 0.4) is 0 Å². The van der Waals surface area contributed by atoms with Crippen LogP contribution in [0.25, 0.3) is 0 Å². The third-order valence-corrected chi connectivity index (χ3v) is 6.96. The van der Waals surface area contributed by atoms with E-state index in [9.17, 15) is 18.0 Å². The minimum atomic E-state index is -3.75. The molecule has 172 valence electrons. The summed E-state index contributed by atoms with van der Waals surface area (Å²) in [5.41, 5.74) is 2.26. The Morgan fingerprint density at radius 3 is 2.53 bits per heavy atom. The first-order chi connectivity index (χ1) is 15.2. The molecule has 32 heavy (non-hydrogen) atoms. The topological polar surface area (TPSA) is 105 Å². The molecule has 1 heterocycles. The Balaban J connectivity index is 1.70. The number of hydrogen-bond acceptors (Lipinski definition) is 5. The fourth-order valence-electron chi connectivity index (χ4n) is 3.73. The van der Waals surface area contributed by atoms with E-state index in [2.05, 4.69) is 10.0 Å². The van der Waals surface area contributed by atoms with Crippen LogP contribution in [0.2, 0.25) is 0 Å². The standard InChI is InChI=1S/C23H29N3O5S/c1-16-6-7-17(2)21(15-16)32(29,30)25-19-10-8-18(9-11-19)23(28)26-13-4-5-20(26)22(27)24-12-14-31-3/h6-11,15,20,25H,4-5,12-14H2,1-3H3,(H,24,27)/t20-/m1/s1. The molecule has 1 saturated heterocycles. The summed E-state index contributed by atoms with van der Waals surface area (Å²) in [7, 11) is -2.20. The summed E-state index contributed by atoms with van der Waals surface area (Å²) >= 11 is 0. The Bertz CT molecular complexity index is 1080. The Labute approximate surface area is 189 Å². The quantitative estimate of drug-likeness (QED) is 0.590. The highest BCUT2D eigenvalue weighted by atomic mass is 32.2. The van der Waals surface area contributed by atoms with E-state index in [0.29, 0.717) is 42.9 Å². The first-order valence-electron chi connectivity index (χ1n) is 10.5. The van der Waals surface area contributed by atoms with Crippen LogP contribution in [0, 0.1) is 13.8 Å². The molecule has 0 spiro atoms. The van der Waals surface area contributed by atoms with Crippen molar-refractivity contribution in [3.05, 3.63) is 59.2 Å². The fraction of sp³-hybridized carbons (Fsp3) is 0.391. The number of nitrogens with one attached hydrogen (secondary N) is 2. The molecule has 0 aromatic heterocycles. The minimum absolute atomic E-state index is 0.189. The van der Waals surface area contributed by atoms with Gasteiger partial charge >= 0.3 is 0 Å². The zero-order chi connectivity index (χ0) is 23.3. The number of nitrogens with zero attached hydrogens (tertiary/aromatic N) is 1. The van der Waals surface area contributed by atoms with E-state index in [1.165, 1.54) is 0 Å². The summed E-state index contributed by atoms with van der Waals surface area (Å²) < 4.78 is 33.1. The smallest absolute Gasteiger partial charge is 0.262 e. The van der Waals surface area contributed by atoms with E-state index < -0.39 is 16.1 Å². The van der Waals surface area contributed by atoms with Crippen molar-refractivity contribution >= 4 is 27.5 Å². The number of rotatable bonds is 8. The van der Waals surface area contributed by atoms with Gasteiger partial charge in [-0.15, -0.1) is 0 Å². The lowest BCUT2D eigenvalue weighted by Crippen LogP contribution is -2.46. The average Bonchev–Trinajstić information content (AvgIpc) is 3.25. The number of methoxy groups -OCH3 is 1. The monoisotopic (exact) mass is 459 g/mol. The zero-order valence-corrected chi connectivity index (χ0v) is 19.4. The molecule has 0 bridgehead atoms. The predicted molar refractivity (Wildman–Crippen MR) is 122 cm³/mol.